The number of ether oxygens (including phenoxy) is 1. The van der Waals surface area contributed by atoms with Crippen molar-refractivity contribution in [2.75, 3.05) is 12.8 Å². The van der Waals surface area contributed by atoms with Crippen molar-refractivity contribution in [3.05, 3.63) is 69.8 Å². The second kappa shape index (κ2) is 6.69. The Balaban J connectivity index is 2.76. The number of hydrogen-bond acceptors (Lipinski definition) is 3. The standard InChI is InChI=1S/C20H23NO2/c1-12-6-8-16(9-7-12)17(11-18(22)23-5)19-15(4)13(2)10-14(3)20(19)21/h6-11H,21H2,1-5H3/b17-11+. The summed E-state index contributed by atoms with van der Waals surface area (Å²) >= 11 is 0. The number of carbonyl (C=O) groups excluding carboxylic acids is 1. The van der Waals surface area contributed by atoms with Gasteiger partial charge in [0.05, 0.1) is 7.11 Å². The second-order valence-corrected chi connectivity index (χ2v) is 5.87. The van der Waals surface area contributed by atoms with Crippen molar-refractivity contribution in [1.82, 2.24) is 0 Å². The third-order valence-corrected chi connectivity index (χ3v) is 4.19. The molecule has 0 spiro atoms. The summed E-state index contributed by atoms with van der Waals surface area (Å²) in [7, 11) is 1.38. The molecule has 2 aromatic rings. The second-order valence-electron chi connectivity index (χ2n) is 5.87. The molecule has 0 heterocycles. The number of methoxy groups -OCH3 is 1. The Kier molecular flexibility index (Phi) is 4.89. The van der Waals surface area contributed by atoms with E-state index in [9.17, 15) is 4.79 Å². The Morgan fingerprint density at radius 2 is 1.65 bits per heavy atom. The molecule has 0 saturated carbocycles. The van der Waals surface area contributed by atoms with E-state index in [0.717, 1.165) is 39.0 Å². The summed E-state index contributed by atoms with van der Waals surface area (Å²) < 4.78 is 4.83. The van der Waals surface area contributed by atoms with Gasteiger partial charge >= 0.3 is 5.97 Å². The molecule has 0 aliphatic heterocycles. The van der Waals surface area contributed by atoms with Crippen LogP contribution in [-0.2, 0) is 9.53 Å². The molecule has 23 heavy (non-hydrogen) atoms. The Labute approximate surface area is 137 Å². The van der Waals surface area contributed by atoms with E-state index in [-0.39, 0.29) is 0 Å². The van der Waals surface area contributed by atoms with Crippen LogP contribution in [-0.4, -0.2) is 13.1 Å². The Hall–Kier alpha value is -2.55. The van der Waals surface area contributed by atoms with Gasteiger partial charge in [0, 0.05) is 17.3 Å². The normalized spacial score (nSPS) is 11.4. The quantitative estimate of drug-likeness (QED) is 0.527. The molecule has 0 aromatic heterocycles. The fourth-order valence-corrected chi connectivity index (χ4v) is 2.66. The molecular formula is C20H23NO2. The van der Waals surface area contributed by atoms with E-state index in [1.165, 1.54) is 13.2 Å². The first-order chi connectivity index (χ1) is 10.8. The van der Waals surface area contributed by atoms with Gasteiger partial charge in [-0.05, 0) is 55.5 Å². The van der Waals surface area contributed by atoms with Gasteiger partial charge in [-0.2, -0.15) is 0 Å². The molecule has 0 amide bonds. The number of esters is 1. The highest BCUT2D eigenvalue weighted by molar-refractivity contribution is 5.99. The van der Waals surface area contributed by atoms with Crippen LogP contribution in [0.3, 0.4) is 0 Å². The van der Waals surface area contributed by atoms with E-state index >= 15 is 0 Å². The van der Waals surface area contributed by atoms with Crippen LogP contribution in [0.4, 0.5) is 5.69 Å². The average molecular weight is 309 g/mol. The van der Waals surface area contributed by atoms with Crippen LogP contribution >= 0.6 is 0 Å². The summed E-state index contributed by atoms with van der Waals surface area (Å²) in [6, 6.07) is 10.1. The fourth-order valence-electron chi connectivity index (χ4n) is 2.66. The summed E-state index contributed by atoms with van der Waals surface area (Å²) in [6.07, 6.45) is 1.52. The molecular weight excluding hydrogens is 286 g/mol. The van der Waals surface area contributed by atoms with Crippen molar-refractivity contribution in [2.45, 2.75) is 27.7 Å². The number of rotatable bonds is 3. The van der Waals surface area contributed by atoms with Crippen LogP contribution in [0.1, 0.15) is 33.4 Å². The number of hydrogen-bond donors (Lipinski definition) is 1. The lowest BCUT2D eigenvalue weighted by Gasteiger charge is -2.18. The van der Waals surface area contributed by atoms with Crippen LogP contribution in [0, 0.1) is 27.7 Å². The SMILES string of the molecule is COC(=O)/C=C(\c1ccc(C)cc1)c1c(C)c(C)cc(C)c1N. The zero-order chi connectivity index (χ0) is 17.1. The predicted molar refractivity (Wildman–Crippen MR) is 95.3 cm³/mol. The molecule has 0 fully saturated rings. The van der Waals surface area contributed by atoms with Crippen LogP contribution < -0.4 is 5.73 Å². The molecule has 0 aliphatic carbocycles. The largest absolute Gasteiger partial charge is 0.466 e. The van der Waals surface area contributed by atoms with Gasteiger partial charge in [-0.15, -0.1) is 0 Å². The van der Waals surface area contributed by atoms with Gasteiger partial charge in [0.2, 0.25) is 0 Å². The topological polar surface area (TPSA) is 52.3 Å². The van der Waals surface area contributed by atoms with Crippen molar-refractivity contribution < 1.29 is 9.53 Å². The molecule has 2 N–H and O–H groups in total. The molecule has 3 heteroatoms. The van der Waals surface area contributed by atoms with Gasteiger partial charge in [-0.3, -0.25) is 0 Å². The van der Waals surface area contributed by atoms with Crippen molar-refractivity contribution in [3.63, 3.8) is 0 Å². The molecule has 0 atom stereocenters. The smallest absolute Gasteiger partial charge is 0.331 e. The maximum atomic E-state index is 11.9. The third-order valence-electron chi connectivity index (χ3n) is 4.19. The van der Waals surface area contributed by atoms with Crippen LogP contribution in [0.15, 0.2) is 36.4 Å². The third kappa shape index (κ3) is 3.45. The van der Waals surface area contributed by atoms with Gasteiger partial charge in [-0.25, -0.2) is 4.79 Å². The molecule has 2 rings (SSSR count). The zero-order valence-corrected chi connectivity index (χ0v) is 14.4. The van der Waals surface area contributed by atoms with Crippen molar-refractivity contribution >= 4 is 17.2 Å². The van der Waals surface area contributed by atoms with E-state index < -0.39 is 5.97 Å². The highest BCUT2D eigenvalue weighted by Crippen LogP contribution is 2.34. The van der Waals surface area contributed by atoms with Crippen LogP contribution in [0.5, 0.6) is 0 Å². The number of aryl methyl sites for hydroxylation is 3. The number of benzene rings is 2. The summed E-state index contributed by atoms with van der Waals surface area (Å²) in [5.74, 6) is -0.390. The number of carbonyl (C=O) groups is 1. The average Bonchev–Trinajstić information content (AvgIpc) is 2.53. The minimum absolute atomic E-state index is 0.390. The highest BCUT2D eigenvalue weighted by Gasteiger charge is 2.16. The fraction of sp³-hybridized carbons (Fsp3) is 0.250. The lowest BCUT2D eigenvalue weighted by atomic mass is 9.88. The van der Waals surface area contributed by atoms with Gasteiger partial charge < -0.3 is 10.5 Å². The van der Waals surface area contributed by atoms with Crippen LogP contribution in [0.2, 0.25) is 0 Å². The molecule has 2 aromatic carbocycles. The van der Waals surface area contributed by atoms with Gasteiger partial charge in [0.1, 0.15) is 0 Å². The van der Waals surface area contributed by atoms with E-state index in [2.05, 4.69) is 13.0 Å². The lowest BCUT2D eigenvalue weighted by Crippen LogP contribution is -2.05. The molecule has 0 bridgehead atoms. The Bertz CT molecular complexity index is 745. The Morgan fingerprint density at radius 3 is 2.22 bits per heavy atom. The zero-order valence-electron chi connectivity index (χ0n) is 14.4. The van der Waals surface area contributed by atoms with Crippen LogP contribution in [0.25, 0.3) is 5.57 Å². The molecule has 3 nitrogen and oxygen atoms in total. The first-order valence-electron chi connectivity index (χ1n) is 7.58. The number of nitrogens with two attached hydrogens (primary N) is 1. The molecule has 0 aliphatic rings. The minimum atomic E-state index is -0.390. The molecule has 0 saturated heterocycles. The first kappa shape index (κ1) is 16.8. The van der Waals surface area contributed by atoms with Crippen molar-refractivity contribution in [2.24, 2.45) is 0 Å². The van der Waals surface area contributed by atoms with Gasteiger partial charge in [0.15, 0.2) is 0 Å². The summed E-state index contributed by atoms with van der Waals surface area (Å²) in [5.41, 5.74) is 14.1. The molecule has 0 radical (unpaired) electrons. The van der Waals surface area contributed by atoms with Crippen molar-refractivity contribution in [3.8, 4) is 0 Å². The maximum absolute atomic E-state index is 11.9. The number of nitrogen functional groups attached to an aromatic ring is 1. The Morgan fingerprint density at radius 1 is 1.04 bits per heavy atom. The van der Waals surface area contributed by atoms with Gasteiger partial charge in [0.25, 0.3) is 0 Å². The molecule has 120 valence electrons. The minimum Gasteiger partial charge on any atom is -0.466 e. The van der Waals surface area contributed by atoms with E-state index in [1.807, 2.05) is 45.0 Å². The number of anilines is 1. The summed E-state index contributed by atoms with van der Waals surface area (Å²) in [5, 5.41) is 0. The summed E-state index contributed by atoms with van der Waals surface area (Å²) in [4.78, 5) is 11.9. The van der Waals surface area contributed by atoms with E-state index in [0.29, 0.717) is 5.69 Å². The first-order valence-corrected chi connectivity index (χ1v) is 7.58. The van der Waals surface area contributed by atoms with Crippen molar-refractivity contribution in [1.29, 1.82) is 0 Å². The highest BCUT2D eigenvalue weighted by atomic mass is 16.5. The maximum Gasteiger partial charge on any atom is 0.331 e. The van der Waals surface area contributed by atoms with Gasteiger partial charge in [-0.1, -0.05) is 35.9 Å². The van der Waals surface area contributed by atoms with E-state index in [4.69, 9.17) is 10.5 Å². The predicted octanol–water partition coefficient (Wildman–Crippen LogP) is 4.11. The lowest BCUT2D eigenvalue weighted by molar-refractivity contribution is -0.134. The van der Waals surface area contributed by atoms with E-state index in [1.54, 1.807) is 0 Å². The molecule has 0 unspecified atom stereocenters. The monoisotopic (exact) mass is 309 g/mol. The summed E-state index contributed by atoms with van der Waals surface area (Å²) in [6.45, 7) is 8.09.